The van der Waals surface area contributed by atoms with Crippen molar-refractivity contribution in [2.75, 3.05) is 10.6 Å². The van der Waals surface area contributed by atoms with Crippen LogP contribution in [0, 0.1) is 19.7 Å². The van der Waals surface area contributed by atoms with Gasteiger partial charge >= 0.3 is 0 Å². The van der Waals surface area contributed by atoms with Crippen LogP contribution in [-0.4, -0.2) is 9.97 Å². The van der Waals surface area contributed by atoms with Gasteiger partial charge in [-0.15, -0.1) is 0 Å². The highest BCUT2D eigenvalue weighted by molar-refractivity contribution is 6.31. The molecule has 24 heavy (non-hydrogen) atoms. The lowest BCUT2D eigenvalue weighted by atomic mass is 10.2. The molecule has 0 saturated carbocycles. The maximum Gasteiger partial charge on any atom is 0.141 e. The van der Waals surface area contributed by atoms with E-state index in [1.807, 2.05) is 38.1 Å². The van der Waals surface area contributed by atoms with Crippen molar-refractivity contribution in [3.63, 3.8) is 0 Å². The van der Waals surface area contributed by atoms with Crippen LogP contribution in [0.3, 0.4) is 0 Å². The van der Waals surface area contributed by atoms with Crippen molar-refractivity contribution in [2.24, 2.45) is 0 Å². The molecule has 3 aromatic rings. The maximum atomic E-state index is 13.2. The van der Waals surface area contributed by atoms with E-state index in [1.165, 1.54) is 12.1 Å². The van der Waals surface area contributed by atoms with Crippen molar-refractivity contribution in [2.45, 2.75) is 13.8 Å². The second-order valence-electron chi connectivity index (χ2n) is 5.43. The Hall–Kier alpha value is -2.66. The molecule has 2 aromatic carbocycles. The Labute approximate surface area is 144 Å². The average molecular weight is 343 g/mol. The summed E-state index contributed by atoms with van der Waals surface area (Å²) in [6.07, 6.45) is 0. The van der Waals surface area contributed by atoms with E-state index in [0.29, 0.717) is 23.1 Å². The standard InChI is InChI=1S/C18H16ClFN4/c1-11-4-3-5-13(8-11)23-17-10-18(22-12(2)21-17)24-14-6-7-16(20)15(19)9-14/h3-10H,1-2H3,(H2,21,22,23,24). The van der Waals surface area contributed by atoms with Crippen molar-refractivity contribution in [3.05, 3.63) is 70.8 Å². The fourth-order valence-corrected chi connectivity index (χ4v) is 2.47. The van der Waals surface area contributed by atoms with Gasteiger partial charge in [0.1, 0.15) is 23.3 Å². The molecule has 6 heteroatoms. The van der Waals surface area contributed by atoms with Crippen LogP contribution in [0.2, 0.25) is 5.02 Å². The van der Waals surface area contributed by atoms with Gasteiger partial charge in [0.2, 0.25) is 0 Å². The minimum atomic E-state index is -0.456. The molecule has 0 fully saturated rings. The zero-order valence-corrected chi connectivity index (χ0v) is 14.0. The van der Waals surface area contributed by atoms with Gasteiger partial charge in [-0.2, -0.15) is 0 Å². The van der Waals surface area contributed by atoms with Crippen LogP contribution in [0.25, 0.3) is 0 Å². The number of hydrogen-bond acceptors (Lipinski definition) is 4. The molecule has 1 aromatic heterocycles. The number of hydrogen-bond donors (Lipinski definition) is 2. The molecule has 0 aliphatic rings. The lowest BCUT2D eigenvalue weighted by Crippen LogP contribution is -2.01. The summed E-state index contributed by atoms with van der Waals surface area (Å²) < 4.78 is 13.2. The molecular weight excluding hydrogens is 327 g/mol. The largest absolute Gasteiger partial charge is 0.340 e. The average Bonchev–Trinajstić information content (AvgIpc) is 2.50. The van der Waals surface area contributed by atoms with E-state index in [-0.39, 0.29) is 5.02 Å². The number of benzene rings is 2. The summed E-state index contributed by atoms with van der Waals surface area (Å²) in [7, 11) is 0. The molecule has 4 nitrogen and oxygen atoms in total. The summed E-state index contributed by atoms with van der Waals surface area (Å²) in [6, 6.07) is 14.2. The number of rotatable bonds is 4. The number of nitrogens with zero attached hydrogens (tertiary/aromatic N) is 2. The fourth-order valence-electron chi connectivity index (χ4n) is 2.29. The number of halogens is 2. The van der Waals surface area contributed by atoms with E-state index < -0.39 is 5.82 Å². The molecule has 0 saturated heterocycles. The van der Waals surface area contributed by atoms with Crippen LogP contribution >= 0.6 is 11.6 Å². The van der Waals surface area contributed by atoms with Gasteiger partial charge in [-0.25, -0.2) is 14.4 Å². The lowest BCUT2D eigenvalue weighted by molar-refractivity contribution is 0.628. The number of aryl methyl sites for hydroxylation is 2. The SMILES string of the molecule is Cc1cccc(Nc2cc(Nc3ccc(F)c(Cl)c3)nc(C)n2)c1. The van der Waals surface area contributed by atoms with Crippen molar-refractivity contribution in [1.29, 1.82) is 0 Å². The number of nitrogens with one attached hydrogen (secondary N) is 2. The van der Waals surface area contributed by atoms with Gasteiger partial charge in [0.25, 0.3) is 0 Å². The van der Waals surface area contributed by atoms with Crippen molar-refractivity contribution in [1.82, 2.24) is 9.97 Å². The van der Waals surface area contributed by atoms with Crippen LogP contribution in [0.5, 0.6) is 0 Å². The number of aromatic nitrogens is 2. The van der Waals surface area contributed by atoms with Gasteiger partial charge in [-0.1, -0.05) is 23.7 Å². The minimum absolute atomic E-state index is 0.0592. The molecule has 1 heterocycles. The van der Waals surface area contributed by atoms with Gasteiger partial charge in [0.05, 0.1) is 5.02 Å². The van der Waals surface area contributed by atoms with E-state index in [4.69, 9.17) is 11.6 Å². The third-order valence-electron chi connectivity index (χ3n) is 3.32. The third-order valence-corrected chi connectivity index (χ3v) is 3.61. The van der Waals surface area contributed by atoms with Crippen molar-refractivity contribution >= 4 is 34.6 Å². The predicted molar refractivity (Wildman–Crippen MR) is 95.9 cm³/mol. The van der Waals surface area contributed by atoms with E-state index in [1.54, 1.807) is 12.1 Å². The first-order chi connectivity index (χ1) is 11.5. The highest BCUT2D eigenvalue weighted by atomic mass is 35.5. The molecule has 0 bridgehead atoms. The fraction of sp³-hybridized carbons (Fsp3) is 0.111. The summed E-state index contributed by atoms with van der Waals surface area (Å²) >= 11 is 5.80. The first kappa shape index (κ1) is 16.2. The third kappa shape index (κ3) is 4.00. The summed E-state index contributed by atoms with van der Waals surface area (Å²) in [5, 5.41) is 6.42. The van der Waals surface area contributed by atoms with E-state index in [2.05, 4.69) is 20.6 Å². The molecule has 0 atom stereocenters. The Morgan fingerprint density at radius 1 is 0.875 bits per heavy atom. The highest BCUT2D eigenvalue weighted by Crippen LogP contribution is 2.24. The number of anilines is 4. The zero-order valence-electron chi connectivity index (χ0n) is 13.3. The molecule has 0 unspecified atom stereocenters. The van der Waals surface area contributed by atoms with Gasteiger partial charge in [-0.3, -0.25) is 0 Å². The first-order valence-corrected chi connectivity index (χ1v) is 7.79. The Balaban J connectivity index is 1.84. The van der Waals surface area contributed by atoms with Gasteiger partial charge in [0, 0.05) is 17.4 Å². The summed E-state index contributed by atoms with van der Waals surface area (Å²) in [5.41, 5.74) is 2.76. The Kier molecular flexibility index (Phi) is 4.62. The van der Waals surface area contributed by atoms with Crippen molar-refractivity contribution in [3.8, 4) is 0 Å². The molecule has 2 N–H and O–H groups in total. The zero-order chi connectivity index (χ0) is 17.1. The van der Waals surface area contributed by atoms with Crippen LogP contribution in [0.15, 0.2) is 48.5 Å². The Morgan fingerprint density at radius 2 is 1.54 bits per heavy atom. The molecule has 0 amide bonds. The second-order valence-corrected chi connectivity index (χ2v) is 5.84. The highest BCUT2D eigenvalue weighted by Gasteiger charge is 2.05. The monoisotopic (exact) mass is 342 g/mol. The molecular formula is C18H16ClFN4. The topological polar surface area (TPSA) is 49.8 Å². The summed E-state index contributed by atoms with van der Waals surface area (Å²) in [5.74, 6) is 1.43. The van der Waals surface area contributed by atoms with Crippen LogP contribution in [0.1, 0.15) is 11.4 Å². The van der Waals surface area contributed by atoms with E-state index in [9.17, 15) is 4.39 Å². The minimum Gasteiger partial charge on any atom is -0.340 e. The van der Waals surface area contributed by atoms with Gasteiger partial charge in [0.15, 0.2) is 0 Å². The van der Waals surface area contributed by atoms with Crippen LogP contribution in [0.4, 0.5) is 27.4 Å². The molecule has 0 spiro atoms. The molecule has 3 rings (SSSR count). The van der Waals surface area contributed by atoms with Crippen LogP contribution < -0.4 is 10.6 Å². The normalized spacial score (nSPS) is 10.5. The Bertz CT molecular complexity index is 883. The summed E-state index contributed by atoms with van der Waals surface area (Å²) in [4.78, 5) is 8.73. The van der Waals surface area contributed by atoms with Crippen molar-refractivity contribution < 1.29 is 4.39 Å². The van der Waals surface area contributed by atoms with Gasteiger partial charge in [-0.05, 0) is 49.7 Å². The van der Waals surface area contributed by atoms with Crippen LogP contribution in [-0.2, 0) is 0 Å². The molecule has 0 radical (unpaired) electrons. The van der Waals surface area contributed by atoms with E-state index >= 15 is 0 Å². The summed E-state index contributed by atoms with van der Waals surface area (Å²) in [6.45, 7) is 3.84. The Morgan fingerprint density at radius 3 is 2.17 bits per heavy atom. The second kappa shape index (κ2) is 6.84. The quantitative estimate of drug-likeness (QED) is 0.669. The predicted octanol–water partition coefficient (Wildman–Crippen LogP) is 5.37. The first-order valence-electron chi connectivity index (χ1n) is 7.41. The smallest absolute Gasteiger partial charge is 0.141 e. The van der Waals surface area contributed by atoms with E-state index in [0.717, 1.165) is 11.3 Å². The van der Waals surface area contributed by atoms with Gasteiger partial charge < -0.3 is 10.6 Å². The lowest BCUT2D eigenvalue weighted by Gasteiger charge is -2.11. The molecule has 0 aliphatic heterocycles. The maximum absolute atomic E-state index is 13.2. The molecule has 0 aliphatic carbocycles. The molecule has 122 valence electrons.